The van der Waals surface area contributed by atoms with Gasteiger partial charge in [0, 0.05) is 39.0 Å². The minimum Gasteiger partial charge on any atom is -0.377 e. The van der Waals surface area contributed by atoms with E-state index in [9.17, 15) is 4.79 Å². The predicted octanol–water partition coefficient (Wildman–Crippen LogP) is 1.58. The highest BCUT2D eigenvalue weighted by molar-refractivity contribution is 5.79. The minimum absolute atomic E-state index is 0.0143. The van der Waals surface area contributed by atoms with Crippen LogP contribution in [0.3, 0.4) is 0 Å². The van der Waals surface area contributed by atoms with Crippen LogP contribution in [0.2, 0.25) is 0 Å². The second-order valence-electron chi connectivity index (χ2n) is 5.28. The molecule has 1 aromatic rings. The number of nitrogens with zero attached hydrogens (tertiary/aromatic N) is 3. The largest absolute Gasteiger partial charge is 0.377 e. The van der Waals surface area contributed by atoms with Crippen molar-refractivity contribution >= 4 is 5.91 Å². The van der Waals surface area contributed by atoms with E-state index in [4.69, 9.17) is 4.74 Å². The summed E-state index contributed by atoms with van der Waals surface area (Å²) in [6.45, 7) is 3.48. The van der Waals surface area contributed by atoms with Crippen molar-refractivity contribution in [3.63, 3.8) is 0 Å². The van der Waals surface area contributed by atoms with Crippen LogP contribution in [0.4, 0.5) is 0 Å². The first-order valence-electron chi connectivity index (χ1n) is 6.96. The Labute approximate surface area is 114 Å². The molecule has 0 saturated carbocycles. The number of hydrogen-bond donors (Lipinski definition) is 0. The number of hydrogen-bond acceptors (Lipinski definition) is 3. The van der Waals surface area contributed by atoms with Crippen molar-refractivity contribution in [2.45, 2.75) is 38.8 Å². The topological polar surface area (TPSA) is 47.4 Å². The van der Waals surface area contributed by atoms with Gasteiger partial charge < -0.3 is 9.64 Å². The highest BCUT2D eigenvalue weighted by Crippen LogP contribution is 2.25. The van der Waals surface area contributed by atoms with Gasteiger partial charge in [-0.3, -0.25) is 9.48 Å². The maximum absolute atomic E-state index is 12.5. The Morgan fingerprint density at radius 1 is 1.63 bits per heavy atom. The third kappa shape index (κ3) is 3.35. The average Bonchev–Trinajstić information content (AvgIpc) is 2.83. The van der Waals surface area contributed by atoms with Crippen LogP contribution in [-0.4, -0.2) is 40.3 Å². The van der Waals surface area contributed by atoms with E-state index >= 15 is 0 Å². The zero-order valence-electron chi connectivity index (χ0n) is 12.0. The quantitative estimate of drug-likeness (QED) is 0.830. The Bertz CT molecular complexity index is 430. The zero-order valence-corrected chi connectivity index (χ0v) is 12.0. The molecule has 1 amide bonds. The molecule has 1 aromatic heterocycles. The summed E-state index contributed by atoms with van der Waals surface area (Å²) in [6.07, 6.45) is 6.65. The maximum atomic E-state index is 12.5. The van der Waals surface area contributed by atoms with E-state index in [0.29, 0.717) is 6.54 Å². The smallest absolute Gasteiger partial charge is 0.228 e. The highest BCUT2D eigenvalue weighted by Gasteiger charge is 2.32. The summed E-state index contributed by atoms with van der Waals surface area (Å²) in [4.78, 5) is 14.3. The van der Waals surface area contributed by atoms with E-state index < -0.39 is 0 Å². The van der Waals surface area contributed by atoms with E-state index in [0.717, 1.165) is 31.4 Å². The van der Waals surface area contributed by atoms with Crippen molar-refractivity contribution < 1.29 is 9.53 Å². The van der Waals surface area contributed by atoms with Gasteiger partial charge in [0.15, 0.2) is 0 Å². The lowest BCUT2D eigenvalue weighted by molar-refractivity contribution is -0.144. The van der Waals surface area contributed by atoms with Crippen molar-refractivity contribution in [3.05, 3.63) is 18.0 Å². The molecule has 1 aliphatic heterocycles. The van der Waals surface area contributed by atoms with Gasteiger partial charge in [-0.25, -0.2) is 0 Å². The molecule has 0 unspecified atom stereocenters. The van der Waals surface area contributed by atoms with Gasteiger partial charge in [0.1, 0.15) is 0 Å². The number of aryl methyl sites for hydroxylation is 1. The Hall–Kier alpha value is -1.36. The molecule has 2 heterocycles. The summed E-state index contributed by atoms with van der Waals surface area (Å²) < 4.78 is 7.46. The lowest BCUT2D eigenvalue weighted by Gasteiger charge is -2.32. The summed E-state index contributed by atoms with van der Waals surface area (Å²) in [5.74, 6) is 0.204. The van der Waals surface area contributed by atoms with Crippen molar-refractivity contribution in [3.8, 4) is 0 Å². The molecule has 0 radical (unpaired) electrons. The molecule has 0 N–H and O–H groups in total. The molecule has 0 spiro atoms. The van der Waals surface area contributed by atoms with Gasteiger partial charge in [0.2, 0.25) is 5.91 Å². The van der Waals surface area contributed by atoms with Gasteiger partial charge in [-0.1, -0.05) is 6.92 Å². The van der Waals surface area contributed by atoms with Crippen LogP contribution in [0, 0.1) is 5.92 Å². The number of aromatic nitrogens is 2. The molecule has 5 nitrogen and oxygen atoms in total. The Morgan fingerprint density at radius 2 is 2.42 bits per heavy atom. The van der Waals surface area contributed by atoms with Crippen LogP contribution in [0.15, 0.2) is 12.4 Å². The third-order valence-electron chi connectivity index (χ3n) is 3.71. The average molecular weight is 265 g/mol. The van der Waals surface area contributed by atoms with E-state index in [1.54, 1.807) is 15.8 Å². The highest BCUT2D eigenvalue weighted by atomic mass is 16.5. The van der Waals surface area contributed by atoms with Gasteiger partial charge in [0.05, 0.1) is 18.2 Å². The molecule has 19 heavy (non-hydrogen) atoms. The SMILES string of the molecule is CC[C@@H]1OCCC[C@@H]1C(=O)N(C)Cc1cnn(C)c1. The molecular formula is C14H23N3O2. The van der Waals surface area contributed by atoms with Crippen LogP contribution < -0.4 is 0 Å². The summed E-state index contributed by atoms with van der Waals surface area (Å²) in [5, 5.41) is 4.13. The fourth-order valence-corrected chi connectivity index (χ4v) is 2.71. The fourth-order valence-electron chi connectivity index (χ4n) is 2.71. The normalized spacial score (nSPS) is 23.3. The molecule has 0 aliphatic carbocycles. The number of amides is 1. The maximum Gasteiger partial charge on any atom is 0.228 e. The molecule has 2 rings (SSSR count). The molecule has 1 saturated heterocycles. The van der Waals surface area contributed by atoms with E-state index in [2.05, 4.69) is 12.0 Å². The van der Waals surface area contributed by atoms with E-state index in [1.165, 1.54) is 0 Å². The molecular weight excluding hydrogens is 242 g/mol. The minimum atomic E-state index is 0.0143. The summed E-state index contributed by atoms with van der Waals surface area (Å²) in [5.41, 5.74) is 1.06. The van der Waals surface area contributed by atoms with Gasteiger partial charge in [-0.2, -0.15) is 5.10 Å². The Balaban J connectivity index is 1.97. The zero-order chi connectivity index (χ0) is 13.8. The molecule has 106 valence electrons. The fraction of sp³-hybridized carbons (Fsp3) is 0.714. The van der Waals surface area contributed by atoms with Crippen LogP contribution in [0.1, 0.15) is 31.7 Å². The summed E-state index contributed by atoms with van der Waals surface area (Å²) >= 11 is 0. The third-order valence-corrected chi connectivity index (χ3v) is 3.71. The first kappa shape index (κ1) is 14.1. The summed E-state index contributed by atoms with van der Waals surface area (Å²) in [6, 6.07) is 0. The lowest BCUT2D eigenvalue weighted by atomic mass is 9.91. The van der Waals surface area contributed by atoms with Gasteiger partial charge in [0.25, 0.3) is 0 Å². The predicted molar refractivity (Wildman–Crippen MR) is 72.4 cm³/mol. The summed E-state index contributed by atoms with van der Waals surface area (Å²) in [7, 11) is 3.74. The molecule has 0 aromatic carbocycles. The number of ether oxygens (including phenoxy) is 1. The van der Waals surface area contributed by atoms with Crippen LogP contribution in [0.5, 0.6) is 0 Å². The molecule has 1 fully saturated rings. The van der Waals surface area contributed by atoms with Crippen LogP contribution >= 0.6 is 0 Å². The van der Waals surface area contributed by atoms with Crippen LogP contribution in [-0.2, 0) is 23.1 Å². The van der Waals surface area contributed by atoms with Crippen molar-refractivity contribution in [2.24, 2.45) is 13.0 Å². The number of carbonyl (C=O) groups excluding carboxylic acids is 1. The monoisotopic (exact) mass is 265 g/mol. The first-order valence-corrected chi connectivity index (χ1v) is 6.96. The molecule has 0 bridgehead atoms. The van der Waals surface area contributed by atoms with Gasteiger partial charge >= 0.3 is 0 Å². The number of rotatable bonds is 4. The van der Waals surface area contributed by atoms with Crippen molar-refractivity contribution in [2.75, 3.05) is 13.7 Å². The first-order chi connectivity index (χ1) is 9.11. The number of carbonyl (C=O) groups is 1. The van der Waals surface area contributed by atoms with Crippen molar-refractivity contribution in [1.82, 2.24) is 14.7 Å². The van der Waals surface area contributed by atoms with E-state index in [-0.39, 0.29) is 17.9 Å². The Morgan fingerprint density at radius 3 is 3.05 bits per heavy atom. The second kappa shape index (κ2) is 6.19. The molecule has 5 heteroatoms. The van der Waals surface area contributed by atoms with Crippen LogP contribution in [0.25, 0.3) is 0 Å². The standard InChI is InChI=1S/C14H23N3O2/c1-4-13-12(6-5-7-19-13)14(18)16(2)9-11-8-15-17(3)10-11/h8,10,12-13H,4-7,9H2,1-3H3/t12-,13-/m0/s1. The molecule has 2 atom stereocenters. The Kier molecular flexibility index (Phi) is 4.58. The van der Waals surface area contributed by atoms with Crippen molar-refractivity contribution in [1.29, 1.82) is 0 Å². The lowest BCUT2D eigenvalue weighted by Crippen LogP contribution is -2.41. The van der Waals surface area contributed by atoms with Gasteiger partial charge in [-0.05, 0) is 19.3 Å². The van der Waals surface area contributed by atoms with Gasteiger partial charge in [-0.15, -0.1) is 0 Å². The second-order valence-corrected chi connectivity index (χ2v) is 5.28. The molecule has 1 aliphatic rings. The van der Waals surface area contributed by atoms with E-state index in [1.807, 2.05) is 20.3 Å².